The molecule has 4 heteroatoms. The molecule has 1 aliphatic rings. The third-order valence-corrected chi connectivity index (χ3v) is 3.05. The van der Waals surface area contributed by atoms with Gasteiger partial charge in [0.25, 0.3) is 0 Å². The number of rotatable bonds is 3. The summed E-state index contributed by atoms with van der Waals surface area (Å²) in [6.07, 6.45) is 0.532. The van der Waals surface area contributed by atoms with Crippen LogP contribution in [0.2, 0.25) is 0 Å². The summed E-state index contributed by atoms with van der Waals surface area (Å²) in [5.74, 6) is 0.588. The number of anilines is 1. The zero-order valence-electron chi connectivity index (χ0n) is 10.1. The molecule has 2 rings (SSSR count). The topological polar surface area (TPSA) is 61.4 Å². The average molecular weight is 234 g/mol. The highest BCUT2D eigenvalue weighted by Crippen LogP contribution is 2.29. The summed E-state index contributed by atoms with van der Waals surface area (Å²) < 4.78 is 0. The molecule has 0 heterocycles. The van der Waals surface area contributed by atoms with Crippen LogP contribution in [0.4, 0.5) is 10.5 Å². The lowest BCUT2D eigenvalue weighted by molar-refractivity contribution is 0.199. The Morgan fingerprint density at radius 3 is 2.82 bits per heavy atom. The summed E-state index contributed by atoms with van der Waals surface area (Å²) in [7, 11) is 0. The molecule has 2 amide bonds. The fourth-order valence-electron chi connectivity index (χ4n) is 1.74. The van der Waals surface area contributed by atoms with E-state index in [2.05, 4.69) is 17.6 Å². The molecule has 17 heavy (non-hydrogen) atoms. The highest BCUT2D eigenvalue weighted by Gasteiger charge is 2.33. The van der Waals surface area contributed by atoms with Gasteiger partial charge in [0.2, 0.25) is 0 Å². The van der Waals surface area contributed by atoms with E-state index in [1.54, 1.807) is 13.0 Å². The Labute approximate surface area is 101 Å². The molecule has 0 spiro atoms. The van der Waals surface area contributed by atoms with E-state index < -0.39 is 6.10 Å². The number of urea groups is 1. The molecule has 0 aliphatic heterocycles. The fourth-order valence-corrected chi connectivity index (χ4v) is 1.74. The summed E-state index contributed by atoms with van der Waals surface area (Å²) in [5, 5.41) is 15.1. The first-order valence-corrected chi connectivity index (χ1v) is 5.92. The maximum Gasteiger partial charge on any atom is 0.319 e. The molecule has 1 fully saturated rings. The van der Waals surface area contributed by atoms with Gasteiger partial charge in [0, 0.05) is 11.7 Å². The number of amides is 2. The van der Waals surface area contributed by atoms with Crippen molar-refractivity contribution in [2.24, 2.45) is 5.92 Å². The van der Waals surface area contributed by atoms with Crippen molar-refractivity contribution < 1.29 is 9.90 Å². The zero-order chi connectivity index (χ0) is 12.4. The van der Waals surface area contributed by atoms with Crippen LogP contribution in [0.3, 0.4) is 0 Å². The van der Waals surface area contributed by atoms with Gasteiger partial charge in [-0.1, -0.05) is 19.1 Å². The van der Waals surface area contributed by atoms with Gasteiger partial charge in [-0.05, 0) is 37.0 Å². The van der Waals surface area contributed by atoms with Crippen LogP contribution < -0.4 is 10.6 Å². The van der Waals surface area contributed by atoms with E-state index >= 15 is 0 Å². The minimum Gasteiger partial charge on any atom is -0.389 e. The Morgan fingerprint density at radius 2 is 2.24 bits per heavy atom. The van der Waals surface area contributed by atoms with Crippen molar-refractivity contribution >= 4 is 11.7 Å². The Kier molecular flexibility index (Phi) is 3.33. The number of aliphatic hydroxyl groups excluding tert-OH is 1. The van der Waals surface area contributed by atoms with E-state index in [1.165, 1.54) is 0 Å². The third-order valence-electron chi connectivity index (χ3n) is 3.05. The zero-order valence-corrected chi connectivity index (χ0v) is 10.1. The molecule has 1 aliphatic carbocycles. The molecule has 92 valence electrons. The molecule has 1 saturated carbocycles. The highest BCUT2D eigenvalue weighted by molar-refractivity contribution is 5.89. The first-order chi connectivity index (χ1) is 8.06. The van der Waals surface area contributed by atoms with E-state index in [-0.39, 0.29) is 6.03 Å². The van der Waals surface area contributed by atoms with Crippen molar-refractivity contribution in [1.29, 1.82) is 0 Å². The number of hydrogen-bond acceptors (Lipinski definition) is 2. The van der Waals surface area contributed by atoms with Gasteiger partial charge in [-0.15, -0.1) is 0 Å². The van der Waals surface area contributed by atoms with Gasteiger partial charge in [-0.3, -0.25) is 0 Å². The summed E-state index contributed by atoms with van der Waals surface area (Å²) in [6.45, 7) is 3.81. The van der Waals surface area contributed by atoms with E-state index in [0.29, 0.717) is 17.6 Å². The van der Waals surface area contributed by atoms with Crippen LogP contribution in [-0.2, 0) is 0 Å². The van der Waals surface area contributed by atoms with E-state index in [0.717, 1.165) is 12.0 Å². The van der Waals surface area contributed by atoms with Crippen molar-refractivity contribution in [1.82, 2.24) is 5.32 Å². The van der Waals surface area contributed by atoms with Crippen LogP contribution in [-0.4, -0.2) is 17.2 Å². The molecule has 0 bridgehead atoms. The number of carbonyl (C=O) groups excluding carboxylic acids is 1. The quantitative estimate of drug-likeness (QED) is 0.751. The molecule has 4 nitrogen and oxygen atoms in total. The van der Waals surface area contributed by atoms with Gasteiger partial charge in [-0.2, -0.15) is 0 Å². The maximum atomic E-state index is 11.6. The number of aliphatic hydroxyl groups is 1. The second-order valence-electron chi connectivity index (χ2n) is 4.72. The second kappa shape index (κ2) is 4.75. The predicted molar refractivity (Wildman–Crippen MR) is 66.8 cm³/mol. The smallest absolute Gasteiger partial charge is 0.319 e. The molecule has 1 aromatic rings. The minimum atomic E-state index is -0.525. The SMILES string of the molecule is CC(O)c1cccc(NC(=O)NC2CC2C)c1. The van der Waals surface area contributed by atoms with Gasteiger partial charge >= 0.3 is 6.03 Å². The molecular weight excluding hydrogens is 216 g/mol. The summed E-state index contributed by atoms with van der Waals surface area (Å²) in [4.78, 5) is 11.6. The summed E-state index contributed by atoms with van der Waals surface area (Å²) in [6, 6.07) is 7.37. The first-order valence-electron chi connectivity index (χ1n) is 5.92. The molecule has 0 radical (unpaired) electrons. The lowest BCUT2D eigenvalue weighted by atomic mass is 10.1. The van der Waals surface area contributed by atoms with Crippen molar-refractivity contribution in [2.45, 2.75) is 32.4 Å². The average Bonchev–Trinajstić information content (AvgIpc) is 2.94. The number of benzene rings is 1. The normalized spacial score (nSPS) is 23.9. The van der Waals surface area contributed by atoms with Gasteiger partial charge in [0.15, 0.2) is 0 Å². The maximum absolute atomic E-state index is 11.6. The number of nitrogens with one attached hydrogen (secondary N) is 2. The van der Waals surface area contributed by atoms with Crippen molar-refractivity contribution in [3.8, 4) is 0 Å². The van der Waals surface area contributed by atoms with Crippen LogP contribution in [0.5, 0.6) is 0 Å². The molecule has 1 aromatic carbocycles. The van der Waals surface area contributed by atoms with Gasteiger partial charge < -0.3 is 15.7 Å². The Morgan fingerprint density at radius 1 is 1.53 bits per heavy atom. The second-order valence-corrected chi connectivity index (χ2v) is 4.72. The summed E-state index contributed by atoms with van der Waals surface area (Å²) in [5.41, 5.74) is 1.50. The minimum absolute atomic E-state index is 0.179. The van der Waals surface area contributed by atoms with E-state index in [9.17, 15) is 9.90 Å². The van der Waals surface area contributed by atoms with Gasteiger partial charge in [0.05, 0.1) is 6.10 Å². The Bertz CT molecular complexity index is 418. The fraction of sp³-hybridized carbons (Fsp3) is 0.462. The molecule has 3 atom stereocenters. The van der Waals surface area contributed by atoms with Gasteiger partial charge in [0.1, 0.15) is 0 Å². The standard InChI is InChI=1S/C13H18N2O2/c1-8-6-12(8)15-13(17)14-11-5-3-4-10(7-11)9(2)16/h3-5,7-9,12,16H,6H2,1-2H3,(H2,14,15,17). The predicted octanol–water partition coefficient (Wildman–Crippen LogP) is 2.27. The van der Waals surface area contributed by atoms with Crippen LogP contribution in [0.15, 0.2) is 24.3 Å². The van der Waals surface area contributed by atoms with Crippen molar-refractivity contribution in [2.75, 3.05) is 5.32 Å². The number of carbonyl (C=O) groups is 1. The lowest BCUT2D eigenvalue weighted by Crippen LogP contribution is -2.31. The Balaban J connectivity index is 1.93. The Hall–Kier alpha value is -1.55. The highest BCUT2D eigenvalue weighted by atomic mass is 16.3. The molecule has 3 N–H and O–H groups in total. The third kappa shape index (κ3) is 3.20. The lowest BCUT2D eigenvalue weighted by Gasteiger charge is -2.09. The van der Waals surface area contributed by atoms with Gasteiger partial charge in [-0.25, -0.2) is 4.79 Å². The van der Waals surface area contributed by atoms with E-state index in [4.69, 9.17) is 0 Å². The van der Waals surface area contributed by atoms with Crippen LogP contribution in [0, 0.1) is 5.92 Å². The van der Waals surface area contributed by atoms with Crippen molar-refractivity contribution in [3.63, 3.8) is 0 Å². The molecule has 0 aromatic heterocycles. The van der Waals surface area contributed by atoms with Crippen molar-refractivity contribution in [3.05, 3.63) is 29.8 Å². The molecule has 3 unspecified atom stereocenters. The molecule has 0 saturated heterocycles. The first kappa shape index (κ1) is 11.9. The summed E-state index contributed by atoms with van der Waals surface area (Å²) >= 11 is 0. The largest absolute Gasteiger partial charge is 0.389 e. The monoisotopic (exact) mass is 234 g/mol. The number of hydrogen-bond donors (Lipinski definition) is 3. The van der Waals surface area contributed by atoms with Crippen LogP contribution in [0.1, 0.15) is 31.9 Å². The molecular formula is C13H18N2O2. The van der Waals surface area contributed by atoms with Crippen LogP contribution in [0.25, 0.3) is 0 Å². The van der Waals surface area contributed by atoms with Crippen LogP contribution >= 0.6 is 0 Å². The van der Waals surface area contributed by atoms with E-state index in [1.807, 2.05) is 18.2 Å².